The van der Waals surface area contributed by atoms with Crippen molar-refractivity contribution < 1.29 is 9.47 Å². The lowest BCUT2D eigenvalue weighted by Crippen LogP contribution is -2.46. The Bertz CT molecular complexity index is 355. The Labute approximate surface area is 168 Å². The second-order valence-electron chi connectivity index (χ2n) is 6.40. The van der Waals surface area contributed by atoms with Crippen molar-refractivity contribution in [3.05, 3.63) is 0 Å². The number of halogens is 1. The number of rotatable bonds is 7. The number of nitrogens with one attached hydrogen (secondary N) is 2. The SMILES string of the molecule is CN=C(NCCCOC1CCOCC1)NC1CCCC(SC)C1.I. The number of thioether (sulfide) groups is 1. The van der Waals surface area contributed by atoms with Crippen molar-refractivity contribution in [1.82, 2.24) is 10.6 Å². The molecule has 0 radical (unpaired) electrons. The highest BCUT2D eigenvalue weighted by atomic mass is 127. The van der Waals surface area contributed by atoms with Crippen molar-refractivity contribution in [3.63, 3.8) is 0 Å². The van der Waals surface area contributed by atoms with Crippen LogP contribution >= 0.6 is 35.7 Å². The lowest BCUT2D eigenvalue weighted by atomic mass is 9.95. The molecule has 1 heterocycles. The second-order valence-corrected chi connectivity index (χ2v) is 7.54. The molecule has 2 atom stereocenters. The van der Waals surface area contributed by atoms with Crippen LogP contribution in [0, 0.1) is 0 Å². The third-order valence-corrected chi connectivity index (χ3v) is 5.75. The van der Waals surface area contributed by atoms with Crippen LogP contribution in [-0.4, -0.2) is 63.0 Å². The highest BCUT2D eigenvalue weighted by Gasteiger charge is 2.21. The maximum Gasteiger partial charge on any atom is 0.191 e. The van der Waals surface area contributed by atoms with Gasteiger partial charge < -0.3 is 20.1 Å². The minimum atomic E-state index is 0. The van der Waals surface area contributed by atoms with Crippen molar-refractivity contribution >= 4 is 41.7 Å². The summed E-state index contributed by atoms with van der Waals surface area (Å²) in [5.74, 6) is 0.933. The Balaban J connectivity index is 0.00000288. The van der Waals surface area contributed by atoms with E-state index in [0.29, 0.717) is 12.1 Å². The molecule has 1 saturated carbocycles. The van der Waals surface area contributed by atoms with E-state index in [9.17, 15) is 0 Å². The lowest BCUT2D eigenvalue weighted by Gasteiger charge is -2.29. The molecule has 1 aliphatic heterocycles. The van der Waals surface area contributed by atoms with Crippen LogP contribution in [0.15, 0.2) is 4.99 Å². The van der Waals surface area contributed by atoms with Crippen molar-refractivity contribution in [2.45, 2.75) is 62.3 Å². The molecular weight excluding hydrogens is 437 g/mol. The fourth-order valence-electron chi connectivity index (χ4n) is 3.25. The zero-order valence-corrected chi connectivity index (χ0v) is 18.2. The van der Waals surface area contributed by atoms with Gasteiger partial charge >= 0.3 is 0 Å². The molecule has 1 saturated heterocycles. The van der Waals surface area contributed by atoms with Crippen LogP contribution < -0.4 is 10.6 Å². The first-order chi connectivity index (χ1) is 11.3. The van der Waals surface area contributed by atoms with E-state index in [0.717, 1.165) is 56.8 Å². The third kappa shape index (κ3) is 8.58. The predicted molar refractivity (Wildman–Crippen MR) is 114 cm³/mol. The quantitative estimate of drug-likeness (QED) is 0.259. The van der Waals surface area contributed by atoms with Crippen molar-refractivity contribution in [1.29, 1.82) is 0 Å². The normalized spacial score (nSPS) is 25.8. The van der Waals surface area contributed by atoms with Gasteiger partial charge in [0.1, 0.15) is 0 Å². The molecule has 0 aromatic rings. The van der Waals surface area contributed by atoms with Crippen LogP contribution in [0.5, 0.6) is 0 Å². The Kier molecular flexibility index (Phi) is 12.5. The maximum atomic E-state index is 5.89. The monoisotopic (exact) mass is 471 g/mol. The molecule has 2 fully saturated rings. The van der Waals surface area contributed by atoms with E-state index in [-0.39, 0.29) is 24.0 Å². The molecule has 24 heavy (non-hydrogen) atoms. The summed E-state index contributed by atoms with van der Waals surface area (Å²) in [5, 5.41) is 7.79. The number of nitrogens with zero attached hydrogens (tertiary/aromatic N) is 1. The first-order valence-corrected chi connectivity index (χ1v) is 10.3. The summed E-state index contributed by atoms with van der Waals surface area (Å²) in [5.41, 5.74) is 0. The lowest BCUT2D eigenvalue weighted by molar-refractivity contribution is -0.0320. The summed E-state index contributed by atoms with van der Waals surface area (Å²) < 4.78 is 11.2. The van der Waals surface area contributed by atoms with Gasteiger partial charge in [-0.15, -0.1) is 24.0 Å². The standard InChI is InChI=1S/C17H33N3O2S.HI/c1-18-17(20-14-5-3-6-16(13-14)23-2)19-9-4-10-22-15-7-11-21-12-8-15;/h14-16H,3-13H2,1-2H3,(H2,18,19,20);1H. The summed E-state index contributed by atoms with van der Waals surface area (Å²) >= 11 is 2.00. The summed E-state index contributed by atoms with van der Waals surface area (Å²) in [6, 6.07) is 0.561. The van der Waals surface area contributed by atoms with Gasteiger partial charge in [0.15, 0.2) is 5.96 Å². The largest absolute Gasteiger partial charge is 0.381 e. The Morgan fingerprint density at radius 2 is 2.04 bits per heavy atom. The van der Waals surface area contributed by atoms with Gasteiger partial charge in [0, 0.05) is 44.7 Å². The minimum absolute atomic E-state index is 0. The zero-order valence-electron chi connectivity index (χ0n) is 15.1. The van der Waals surface area contributed by atoms with Crippen LogP contribution in [0.2, 0.25) is 0 Å². The molecule has 2 N–H and O–H groups in total. The molecule has 0 aromatic heterocycles. The van der Waals surface area contributed by atoms with Gasteiger partial charge in [-0.25, -0.2) is 0 Å². The summed E-state index contributed by atoms with van der Waals surface area (Å²) in [6.45, 7) is 3.41. The first-order valence-electron chi connectivity index (χ1n) is 9.01. The van der Waals surface area contributed by atoms with E-state index < -0.39 is 0 Å². The van der Waals surface area contributed by atoms with E-state index in [1.54, 1.807) is 0 Å². The molecule has 142 valence electrons. The number of guanidine groups is 1. The second kappa shape index (κ2) is 13.5. The van der Waals surface area contributed by atoms with Gasteiger partial charge in [0.05, 0.1) is 6.10 Å². The van der Waals surface area contributed by atoms with Crippen molar-refractivity contribution in [2.24, 2.45) is 4.99 Å². The molecular formula is C17H34IN3O2S. The molecule has 0 aromatic carbocycles. The molecule has 1 aliphatic carbocycles. The van der Waals surface area contributed by atoms with Gasteiger partial charge in [-0.05, 0) is 44.8 Å². The Morgan fingerprint density at radius 3 is 2.75 bits per heavy atom. The van der Waals surface area contributed by atoms with Crippen LogP contribution in [0.25, 0.3) is 0 Å². The van der Waals surface area contributed by atoms with Crippen LogP contribution in [0.3, 0.4) is 0 Å². The average molecular weight is 471 g/mol. The van der Waals surface area contributed by atoms with Crippen molar-refractivity contribution in [3.8, 4) is 0 Å². The van der Waals surface area contributed by atoms with E-state index in [1.165, 1.54) is 25.7 Å². The molecule has 5 nitrogen and oxygen atoms in total. The van der Waals surface area contributed by atoms with Gasteiger partial charge in [0.25, 0.3) is 0 Å². The van der Waals surface area contributed by atoms with Crippen molar-refractivity contribution in [2.75, 3.05) is 39.7 Å². The minimum Gasteiger partial charge on any atom is -0.381 e. The van der Waals surface area contributed by atoms with Gasteiger partial charge in [0.2, 0.25) is 0 Å². The Hall–Kier alpha value is 0.270. The Morgan fingerprint density at radius 1 is 1.25 bits per heavy atom. The topological polar surface area (TPSA) is 54.9 Å². The molecule has 2 rings (SSSR count). The van der Waals surface area contributed by atoms with Crippen LogP contribution in [0.1, 0.15) is 44.9 Å². The maximum absolute atomic E-state index is 5.89. The predicted octanol–water partition coefficient (Wildman–Crippen LogP) is 3.03. The van der Waals surface area contributed by atoms with E-state index in [1.807, 2.05) is 18.8 Å². The molecule has 2 unspecified atom stereocenters. The fraction of sp³-hybridized carbons (Fsp3) is 0.941. The molecule has 0 amide bonds. The number of ether oxygens (including phenoxy) is 2. The van der Waals surface area contributed by atoms with Crippen LogP contribution in [-0.2, 0) is 9.47 Å². The fourth-order valence-corrected chi connectivity index (χ4v) is 4.08. The highest BCUT2D eigenvalue weighted by molar-refractivity contribution is 14.0. The molecule has 0 bridgehead atoms. The first kappa shape index (κ1) is 22.3. The van der Waals surface area contributed by atoms with E-state index in [2.05, 4.69) is 21.9 Å². The van der Waals surface area contributed by atoms with Gasteiger partial charge in [-0.3, -0.25) is 4.99 Å². The smallest absolute Gasteiger partial charge is 0.191 e. The third-order valence-electron chi connectivity index (χ3n) is 4.66. The van der Waals surface area contributed by atoms with E-state index >= 15 is 0 Å². The van der Waals surface area contributed by atoms with Crippen LogP contribution in [0.4, 0.5) is 0 Å². The average Bonchev–Trinajstić information content (AvgIpc) is 2.61. The highest BCUT2D eigenvalue weighted by Crippen LogP contribution is 2.26. The number of aliphatic imine (C=N–C) groups is 1. The molecule has 2 aliphatic rings. The zero-order chi connectivity index (χ0) is 16.3. The number of hydrogen-bond donors (Lipinski definition) is 2. The summed E-state index contributed by atoms with van der Waals surface area (Å²) in [4.78, 5) is 4.35. The van der Waals surface area contributed by atoms with E-state index in [4.69, 9.17) is 9.47 Å². The molecule has 7 heteroatoms. The summed E-state index contributed by atoms with van der Waals surface area (Å²) in [6.07, 6.45) is 10.9. The number of hydrogen-bond acceptors (Lipinski definition) is 4. The summed E-state index contributed by atoms with van der Waals surface area (Å²) in [7, 11) is 1.85. The molecule has 0 spiro atoms. The van der Waals surface area contributed by atoms with Gasteiger partial charge in [-0.1, -0.05) is 6.42 Å². The van der Waals surface area contributed by atoms with Gasteiger partial charge in [-0.2, -0.15) is 11.8 Å².